The summed E-state index contributed by atoms with van der Waals surface area (Å²) in [6.07, 6.45) is 1.18. The number of benzene rings is 1. The van der Waals surface area contributed by atoms with E-state index in [-0.39, 0.29) is 4.90 Å². The monoisotopic (exact) mass is 237 g/mol. The van der Waals surface area contributed by atoms with Crippen molar-refractivity contribution in [1.82, 2.24) is 5.16 Å². The molecule has 0 atom stereocenters. The van der Waals surface area contributed by atoms with Gasteiger partial charge in [0.2, 0.25) is 0 Å². The second-order valence-corrected chi connectivity index (χ2v) is 5.58. The summed E-state index contributed by atoms with van der Waals surface area (Å²) >= 11 is 0. The number of rotatable bonds is 2. The van der Waals surface area contributed by atoms with Crippen molar-refractivity contribution < 1.29 is 12.9 Å². The Balaban J connectivity index is 2.66. The van der Waals surface area contributed by atoms with Crippen LogP contribution >= 0.6 is 0 Å². The van der Waals surface area contributed by atoms with Crippen LogP contribution in [0.5, 0.6) is 0 Å². The normalized spacial score (nSPS) is 11.6. The van der Waals surface area contributed by atoms with Crippen LogP contribution in [0.25, 0.3) is 11.3 Å². The van der Waals surface area contributed by atoms with Crippen molar-refractivity contribution in [3.8, 4) is 11.3 Å². The van der Waals surface area contributed by atoms with E-state index in [4.69, 9.17) is 4.52 Å². The summed E-state index contributed by atoms with van der Waals surface area (Å²) in [6.45, 7) is 1.76. The zero-order valence-corrected chi connectivity index (χ0v) is 9.78. The van der Waals surface area contributed by atoms with E-state index in [0.717, 1.165) is 0 Å². The molecule has 0 aliphatic heterocycles. The lowest BCUT2D eigenvalue weighted by Gasteiger charge is -2.03. The maximum atomic E-state index is 11.6. The fraction of sp³-hybridized carbons (Fsp3) is 0.182. The molecule has 4 nitrogen and oxygen atoms in total. The van der Waals surface area contributed by atoms with Gasteiger partial charge in [-0.15, -0.1) is 0 Å². The molecule has 0 N–H and O–H groups in total. The second kappa shape index (κ2) is 3.75. The Labute approximate surface area is 93.8 Å². The van der Waals surface area contributed by atoms with E-state index in [9.17, 15) is 8.42 Å². The van der Waals surface area contributed by atoms with Crippen molar-refractivity contribution in [3.63, 3.8) is 0 Å². The highest BCUT2D eigenvalue weighted by molar-refractivity contribution is 7.90. The molecule has 2 rings (SSSR count). The van der Waals surface area contributed by atoms with Gasteiger partial charge < -0.3 is 4.52 Å². The van der Waals surface area contributed by atoms with Crippen LogP contribution in [0.15, 0.2) is 39.8 Å². The molecule has 2 aromatic rings. The van der Waals surface area contributed by atoms with Crippen LogP contribution in [0.1, 0.15) is 5.76 Å². The molecule has 0 bridgehead atoms. The Morgan fingerprint density at radius 1 is 1.25 bits per heavy atom. The van der Waals surface area contributed by atoms with Crippen molar-refractivity contribution >= 4 is 9.84 Å². The molecule has 84 valence electrons. The van der Waals surface area contributed by atoms with Crippen LogP contribution in [0.3, 0.4) is 0 Å². The van der Waals surface area contributed by atoms with Gasteiger partial charge >= 0.3 is 0 Å². The number of hydrogen-bond donors (Lipinski definition) is 0. The average Bonchev–Trinajstić information content (AvgIpc) is 2.64. The van der Waals surface area contributed by atoms with E-state index >= 15 is 0 Å². The molecule has 5 heteroatoms. The van der Waals surface area contributed by atoms with Crippen LogP contribution < -0.4 is 0 Å². The van der Waals surface area contributed by atoms with Crippen molar-refractivity contribution in [3.05, 3.63) is 36.1 Å². The molecule has 16 heavy (non-hydrogen) atoms. The Morgan fingerprint density at radius 2 is 1.94 bits per heavy atom. The highest BCUT2D eigenvalue weighted by Crippen LogP contribution is 2.26. The fourth-order valence-electron chi connectivity index (χ4n) is 1.49. The predicted molar refractivity (Wildman–Crippen MR) is 59.8 cm³/mol. The first-order valence-corrected chi connectivity index (χ1v) is 6.60. The Kier molecular flexibility index (Phi) is 2.55. The summed E-state index contributed by atoms with van der Waals surface area (Å²) in [5.74, 6) is 0.651. The third-order valence-corrected chi connectivity index (χ3v) is 3.35. The van der Waals surface area contributed by atoms with Crippen molar-refractivity contribution in [2.45, 2.75) is 11.8 Å². The standard InChI is InChI=1S/C11H11NO3S/c1-8-7-10(12-15-8)9-5-3-4-6-11(9)16(2,13)14/h3-7H,1-2H3. The van der Waals surface area contributed by atoms with E-state index in [2.05, 4.69) is 5.16 Å². The lowest BCUT2D eigenvalue weighted by molar-refractivity contribution is 0.399. The quantitative estimate of drug-likeness (QED) is 0.802. The van der Waals surface area contributed by atoms with Crippen LogP contribution in [0, 0.1) is 6.92 Å². The molecule has 1 aromatic carbocycles. The molecule has 0 aliphatic carbocycles. The molecule has 0 saturated heterocycles. The van der Waals surface area contributed by atoms with Gasteiger partial charge in [-0.05, 0) is 13.0 Å². The molecule has 0 aliphatic rings. The van der Waals surface area contributed by atoms with Crippen LogP contribution in [-0.2, 0) is 9.84 Å². The number of sulfone groups is 1. The summed E-state index contributed by atoms with van der Waals surface area (Å²) in [5.41, 5.74) is 1.11. The van der Waals surface area contributed by atoms with E-state index < -0.39 is 9.84 Å². The van der Waals surface area contributed by atoms with E-state index in [0.29, 0.717) is 17.0 Å². The zero-order valence-electron chi connectivity index (χ0n) is 8.97. The molecule has 1 heterocycles. The highest BCUT2D eigenvalue weighted by atomic mass is 32.2. The van der Waals surface area contributed by atoms with E-state index in [1.54, 1.807) is 37.3 Å². The number of nitrogens with zero attached hydrogens (tertiary/aromatic N) is 1. The highest BCUT2D eigenvalue weighted by Gasteiger charge is 2.15. The largest absolute Gasteiger partial charge is 0.361 e. The van der Waals surface area contributed by atoms with Crippen molar-refractivity contribution in [2.24, 2.45) is 0 Å². The predicted octanol–water partition coefficient (Wildman–Crippen LogP) is 2.05. The van der Waals surface area contributed by atoms with Crippen LogP contribution in [0.2, 0.25) is 0 Å². The van der Waals surface area contributed by atoms with Gasteiger partial charge in [0.05, 0.1) is 4.90 Å². The SMILES string of the molecule is Cc1cc(-c2ccccc2S(C)(=O)=O)no1. The molecule has 1 aromatic heterocycles. The van der Waals surface area contributed by atoms with E-state index in [1.807, 2.05) is 0 Å². The second-order valence-electron chi connectivity index (χ2n) is 3.59. The minimum Gasteiger partial charge on any atom is -0.361 e. The molecule has 0 unspecified atom stereocenters. The maximum Gasteiger partial charge on any atom is 0.176 e. The Hall–Kier alpha value is -1.62. The molecule has 0 spiro atoms. The average molecular weight is 237 g/mol. The van der Waals surface area contributed by atoms with Gasteiger partial charge in [-0.1, -0.05) is 23.4 Å². The van der Waals surface area contributed by atoms with Gasteiger partial charge in [0.1, 0.15) is 11.5 Å². The van der Waals surface area contributed by atoms with Crippen LogP contribution in [-0.4, -0.2) is 19.8 Å². The molecular formula is C11H11NO3S. The molecule has 0 radical (unpaired) electrons. The first kappa shape index (κ1) is 10.9. The molecule has 0 fully saturated rings. The fourth-order valence-corrected chi connectivity index (χ4v) is 2.39. The third-order valence-electron chi connectivity index (χ3n) is 2.19. The minimum atomic E-state index is -3.25. The number of hydrogen-bond acceptors (Lipinski definition) is 4. The molecule has 0 amide bonds. The summed E-state index contributed by atoms with van der Waals surface area (Å²) in [6, 6.07) is 8.45. The summed E-state index contributed by atoms with van der Waals surface area (Å²) in [5, 5.41) is 3.82. The minimum absolute atomic E-state index is 0.267. The number of aromatic nitrogens is 1. The topological polar surface area (TPSA) is 60.2 Å². The Morgan fingerprint density at radius 3 is 2.50 bits per heavy atom. The van der Waals surface area contributed by atoms with Crippen molar-refractivity contribution in [2.75, 3.05) is 6.26 Å². The van der Waals surface area contributed by atoms with Gasteiger partial charge in [0.25, 0.3) is 0 Å². The molecular weight excluding hydrogens is 226 g/mol. The first-order chi connectivity index (χ1) is 7.48. The van der Waals surface area contributed by atoms with Crippen molar-refractivity contribution in [1.29, 1.82) is 0 Å². The maximum absolute atomic E-state index is 11.6. The lowest BCUT2D eigenvalue weighted by Crippen LogP contribution is -1.99. The van der Waals surface area contributed by atoms with Gasteiger partial charge in [-0.25, -0.2) is 8.42 Å². The first-order valence-electron chi connectivity index (χ1n) is 4.71. The lowest BCUT2D eigenvalue weighted by atomic mass is 10.1. The zero-order chi connectivity index (χ0) is 11.8. The van der Waals surface area contributed by atoms with E-state index in [1.165, 1.54) is 6.26 Å². The third kappa shape index (κ3) is 1.99. The Bertz CT molecular complexity index is 614. The van der Waals surface area contributed by atoms with Gasteiger partial charge in [0.15, 0.2) is 9.84 Å². The number of aryl methyl sites for hydroxylation is 1. The smallest absolute Gasteiger partial charge is 0.176 e. The van der Waals surface area contributed by atoms with Gasteiger partial charge in [-0.2, -0.15) is 0 Å². The van der Waals surface area contributed by atoms with Crippen LogP contribution in [0.4, 0.5) is 0 Å². The van der Waals surface area contributed by atoms with Gasteiger partial charge in [-0.3, -0.25) is 0 Å². The summed E-state index contributed by atoms with van der Waals surface area (Å²) in [4.78, 5) is 0.267. The summed E-state index contributed by atoms with van der Waals surface area (Å²) < 4.78 is 28.1. The molecule has 0 saturated carbocycles. The van der Waals surface area contributed by atoms with Gasteiger partial charge in [0, 0.05) is 17.9 Å². The summed E-state index contributed by atoms with van der Waals surface area (Å²) in [7, 11) is -3.25.